The summed E-state index contributed by atoms with van der Waals surface area (Å²) in [7, 11) is 0. The summed E-state index contributed by atoms with van der Waals surface area (Å²) in [6.45, 7) is 1.58. The van der Waals surface area contributed by atoms with Gasteiger partial charge in [-0.25, -0.2) is 0 Å². The number of rotatable bonds is 5. The maximum atomic E-state index is 12.6. The van der Waals surface area contributed by atoms with E-state index in [-0.39, 0.29) is 11.7 Å². The van der Waals surface area contributed by atoms with Crippen molar-refractivity contribution in [1.82, 2.24) is 4.90 Å². The molecule has 1 amide bonds. The number of carbonyl (C=O) groups excluding carboxylic acids is 2. The van der Waals surface area contributed by atoms with Crippen LogP contribution in [0.25, 0.3) is 0 Å². The highest BCUT2D eigenvalue weighted by atomic mass is 16.2. The van der Waals surface area contributed by atoms with E-state index in [0.29, 0.717) is 24.9 Å². The molecule has 3 heteroatoms. The quantitative estimate of drug-likeness (QED) is 0.766. The Balaban J connectivity index is 2.01. The van der Waals surface area contributed by atoms with Gasteiger partial charge in [-0.05, 0) is 32.6 Å². The summed E-state index contributed by atoms with van der Waals surface area (Å²) in [5, 5.41) is 0. The van der Waals surface area contributed by atoms with E-state index in [0.717, 1.165) is 0 Å². The predicted molar refractivity (Wildman–Crippen MR) is 80.5 cm³/mol. The van der Waals surface area contributed by atoms with Crippen LogP contribution in [0, 0.1) is 0 Å². The normalized spacial score (nSPS) is 21.6. The molecule has 3 nitrogen and oxygen atoms in total. The van der Waals surface area contributed by atoms with E-state index in [1.54, 1.807) is 6.92 Å². The molecule has 2 saturated carbocycles. The number of nitrogens with zero attached hydrogens (tertiary/aromatic N) is 1. The van der Waals surface area contributed by atoms with E-state index in [4.69, 9.17) is 0 Å². The Kier molecular flexibility index (Phi) is 6.06. The van der Waals surface area contributed by atoms with E-state index >= 15 is 0 Å². The van der Waals surface area contributed by atoms with Crippen LogP contribution >= 0.6 is 0 Å². The topological polar surface area (TPSA) is 37.4 Å². The number of amides is 1. The molecule has 0 aromatic rings. The molecule has 0 atom stereocenters. The summed E-state index contributed by atoms with van der Waals surface area (Å²) in [6.07, 6.45) is 13.2. The smallest absolute Gasteiger partial charge is 0.223 e. The summed E-state index contributed by atoms with van der Waals surface area (Å²) >= 11 is 0. The molecule has 0 aromatic heterocycles. The average molecular weight is 279 g/mol. The molecule has 2 rings (SSSR count). The molecule has 0 unspecified atom stereocenters. The molecular formula is C17H29NO2. The SMILES string of the molecule is CC(=O)CCC(=O)N(C1CCCCC1)C1CCCCC1. The summed E-state index contributed by atoms with van der Waals surface area (Å²) < 4.78 is 0. The first kappa shape index (κ1) is 15.5. The van der Waals surface area contributed by atoms with Crippen molar-refractivity contribution < 1.29 is 9.59 Å². The maximum Gasteiger partial charge on any atom is 0.223 e. The van der Waals surface area contributed by atoms with Crippen LogP contribution in [0.1, 0.15) is 84.0 Å². The molecule has 0 aromatic carbocycles. The van der Waals surface area contributed by atoms with Crippen molar-refractivity contribution in [1.29, 1.82) is 0 Å². The number of hydrogen-bond acceptors (Lipinski definition) is 2. The van der Waals surface area contributed by atoms with Crippen LogP contribution < -0.4 is 0 Å². The van der Waals surface area contributed by atoms with E-state index in [9.17, 15) is 9.59 Å². The van der Waals surface area contributed by atoms with E-state index in [2.05, 4.69) is 4.90 Å². The fraction of sp³-hybridized carbons (Fsp3) is 0.882. The van der Waals surface area contributed by atoms with Crippen molar-refractivity contribution in [3.8, 4) is 0 Å². The summed E-state index contributed by atoms with van der Waals surface area (Å²) in [5.41, 5.74) is 0. The highest BCUT2D eigenvalue weighted by molar-refractivity contribution is 5.84. The van der Waals surface area contributed by atoms with Gasteiger partial charge in [0, 0.05) is 24.9 Å². The molecule has 0 heterocycles. The van der Waals surface area contributed by atoms with Crippen LogP contribution in [-0.2, 0) is 9.59 Å². The van der Waals surface area contributed by atoms with Crippen LogP contribution in [0.15, 0.2) is 0 Å². The van der Waals surface area contributed by atoms with Gasteiger partial charge in [0.2, 0.25) is 5.91 Å². The number of hydrogen-bond donors (Lipinski definition) is 0. The number of carbonyl (C=O) groups is 2. The zero-order chi connectivity index (χ0) is 14.4. The Morgan fingerprint density at radius 1 is 0.800 bits per heavy atom. The Bertz CT molecular complexity index is 310. The maximum absolute atomic E-state index is 12.6. The van der Waals surface area contributed by atoms with Gasteiger partial charge in [-0.1, -0.05) is 38.5 Å². The second kappa shape index (κ2) is 7.80. The molecular weight excluding hydrogens is 250 g/mol. The monoisotopic (exact) mass is 279 g/mol. The first-order valence-corrected chi connectivity index (χ1v) is 8.49. The van der Waals surface area contributed by atoms with Crippen molar-refractivity contribution >= 4 is 11.7 Å². The third-order valence-corrected chi connectivity index (χ3v) is 4.92. The summed E-state index contributed by atoms with van der Waals surface area (Å²) in [5.74, 6) is 0.365. The first-order valence-electron chi connectivity index (χ1n) is 8.49. The molecule has 20 heavy (non-hydrogen) atoms. The molecule has 0 radical (unpaired) electrons. The zero-order valence-corrected chi connectivity index (χ0v) is 12.9. The number of Topliss-reactive ketones (excluding diaryl/α,β-unsaturated/α-hetero) is 1. The Morgan fingerprint density at radius 2 is 1.25 bits per heavy atom. The molecule has 0 bridgehead atoms. The van der Waals surface area contributed by atoms with Gasteiger partial charge in [-0.2, -0.15) is 0 Å². The first-order chi connectivity index (χ1) is 9.68. The van der Waals surface area contributed by atoms with Gasteiger partial charge in [-0.3, -0.25) is 4.79 Å². The Hall–Kier alpha value is -0.860. The Morgan fingerprint density at radius 3 is 1.65 bits per heavy atom. The lowest BCUT2D eigenvalue weighted by molar-refractivity contribution is -0.139. The highest BCUT2D eigenvalue weighted by Gasteiger charge is 2.31. The third kappa shape index (κ3) is 4.32. The molecule has 2 aliphatic carbocycles. The predicted octanol–water partition coefficient (Wildman–Crippen LogP) is 3.85. The second-order valence-corrected chi connectivity index (χ2v) is 6.59. The van der Waals surface area contributed by atoms with Gasteiger partial charge in [-0.15, -0.1) is 0 Å². The van der Waals surface area contributed by atoms with Crippen molar-refractivity contribution in [2.75, 3.05) is 0 Å². The lowest BCUT2D eigenvalue weighted by atomic mass is 9.88. The van der Waals surface area contributed by atoms with Gasteiger partial charge < -0.3 is 9.69 Å². The fourth-order valence-electron chi connectivity index (χ4n) is 3.84. The lowest BCUT2D eigenvalue weighted by Crippen LogP contribution is -2.48. The average Bonchev–Trinajstić information content (AvgIpc) is 2.48. The van der Waals surface area contributed by atoms with E-state index in [1.165, 1.54) is 64.2 Å². The molecule has 0 aliphatic heterocycles. The summed E-state index contributed by atoms with van der Waals surface area (Å²) in [4.78, 5) is 26.0. The van der Waals surface area contributed by atoms with Gasteiger partial charge in [0.25, 0.3) is 0 Å². The van der Waals surface area contributed by atoms with Gasteiger partial charge in [0.05, 0.1) is 0 Å². The fourth-order valence-corrected chi connectivity index (χ4v) is 3.84. The highest BCUT2D eigenvalue weighted by Crippen LogP contribution is 2.30. The van der Waals surface area contributed by atoms with Crippen LogP contribution in [0.2, 0.25) is 0 Å². The molecule has 0 saturated heterocycles. The van der Waals surface area contributed by atoms with Crippen LogP contribution in [-0.4, -0.2) is 28.7 Å². The second-order valence-electron chi connectivity index (χ2n) is 6.59. The van der Waals surface area contributed by atoms with E-state index in [1.807, 2.05) is 0 Å². The minimum atomic E-state index is 0.130. The van der Waals surface area contributed by atoms with Gasteiger partial charge in [0.15, 0.2) is 0 Å². The zero-order valence-electron chi connectivity index (χ0n) is 12.9. The third-order valence-electron chi connectivity index (χ3n) is 4.92. The van der Waals surface area contributed by atoms with Crippen LogP contribution in [0.5, 0.6) is 0 Å². The molecule has 2 aliphatic rings. The van der Waals surface area contributed by atoms with E-state index < -0.39 is 0 Å². The van der Waals surface area contributed by atoms with Crippen LogP contribution in [0.3, 0.4) is 0 Å². The standard InChI is InChI=1S/C17H29NO2/c1-14(19)12-13-17(20)18(15-8-4-2-5-9-15)16-10-6-3-7-11-16/h15-16H,2-13H2,1H3. The lowest BCUT2D eigenvalue weighted by Gasteiger charge is -2.42. The van der Waals surface area contributed by atoms with Crippen molar-refractivity contribution in [2.45, 2.75) is 96.1 Å². The van der Waals surface area contributed by atoms with Crippen LogP contribution in [0.4, 0.5) is 0 Å². The van der Waals surface area contributed by atoms with Gasteiger partial charge >= 0.3 is 0 Å². The molecule has 0 spiro atoms. The minimum absolute atomic E-state index is 0.130. The van der Waals surface area contributed by atoms with Crippen molar-refractivity contribution in [3.63, 3.8) is 0 Å². The Labute approximate surface area is 123 Å². The molecule has 2 fully saturated rings. The van der Waals surface area contributed by atoms with Gasteiger partial charge in [0.1, 0.15) is 5.78 Å². The number of ketones is 1. The molecule has 0 N–H and O–H groups in total. The minimum Gasteiger partial charge on any atom is -0.337 e. The van der Waals surface area contributed by atoms with Crippen molar-refractivity contribution in [3.05, 3.63) is 0 Å². The summed E-state index contributed by atoms with van der Waals surface area (Å²) in [6, 6.07) is 0.901. The largest absolute Gasteiger partial charge is 0.337 e. The molecule has 114 valence electrons. The van der Waals surface area contributed by atoms with Crippen molar-refractivity contribution in [2.24, 2.45) is 0 Å².